The van der Waals surface area contributed by atoms with Gasteiger partial charge in [0.2, 0.25) is 0 Å². The monoisotopic (exact) mass is 199 g/mol. The summed E-state index contributed by atoms with van der Waals surface area (Å²) in [6.45, 7) is 6.11. The Bertz CT molecular complexity index is 386. The Balaban J connectivity index is 2.99. The SMILES string of the molecule is CCCc1ccc(C(C#N)=C(C)C)cc1. The van der Waals surface area contributed by atoms with E-state index in [2.05, 4.69) is 25.1 Å². The Labute approximate surface area is 92.1 Å². The predicted octanol–water partition coefficient (Wildman–Crippen LogP) is 3.96. The fourth-order valence-corrected chi connectivity index (χ4v) is 1.59. The lowest BCUT2D eigenvalue weighted by Crippen LogP contribution is -1.87. The third-order valence-corrected chi connectivity index (χ3v) is 2.39. The summed E-state index contributed by atoms with van der Waals surface area (Å²) in [5.41, 5.74) is 4.23. The van der Waals surface area contributed by atoms with Gasteiger partial charge in [-0.3, -0.25) is 0 Å². The summed E-state index contributed by atoms with van der Waals surface area (Å²) in [6, 6.07) is 10.5. The molecule has 0 saturated carbocycles. The van der Waals surface area contributed by atoms with Crippen LogP contribution in [0, 0.1) is 11.3 Å². The molecule has 0 spiro atoms. The highest BCUT2D eigenvalue weighted by molar-refractivity contribution is 5.78. The van der Waals surface area contributed by atoms with E-state index < -0.39 is 0 Å². The fourth-order valence-electron chi connectivity index (χ4n) is 1.59. The van der Waals surface area contributed by atoms with Gasteiger partial charge in [-0.15, -0.1) is 0 Å². The molecule has 0 aliphatic rings. The summed E-state index contributed by atoms with van der Waals surface area (Å²) in [5.74, 6) is 0. The van der Waals surface area contributed by atoms with Crippen LogP contribution in [0.3, 0.4) is 0 Å². The molecule has 0 N–H and O–H groups in total. The molecule has 1 aromatic carbocycles. The van der Waals surface area contributed by atoms with Crippen molar-refractivity contribution in [3.05, 3.63) is 41.0 Å². The first-order chi connectivity index (χ1) is 7.19. The van der Waals surface area contributed by atoms with Gasteiger partial charge in [0.05, 0.1) is 11.6 Å². The number of aryl methyl sites for hydroxylation is 1. The molecule has 1 heteroatoms. The highest BCUT2D eigenvalue weighted by Crippen LogP contribution is 2.18. The van der Waals surface area contributed by atoms with Crippen LogP contribution in [0.5, 0.6) is 0 Å². The zero-order valence-corrected chi connectivity index (χ0v) is 9.67. The van der Waals surface area contributed by atoms with Crippen molar-refractivity contribution in [2.24, 2.45) is 0 Å². The fraction of sp³-hybridized carbons (Fsp3) is 0.357. The molecule has 1 nitrogen and oxygen atoms in total. The summed E-state index contributed by atoms with van der Waals surface area (Å²) in [7, 11) is 0. The highest BCUT2D eigenvalue weighted by Gasteiger charge is 2.02. The van der Waals surface area contributed by atoms with Crippen molar-refractivity contribution in [2.75, 3.05) is 0 Å². The van der Waals surface area contributed by atoms with Crippen LogP contribution < -0.4 is 0 Å². The number of nitriles is 1. The van der Waals surface area contributed by atoms with E-state index in [1.807, 2.05) is 26.0 Å². The highest BCUT2D eigenvalue weighted by atomic mass is 14.2. The zero-order valence-electron chi connectivity index (χ0n) is 9.67. The minimum atomic E-state index is 0.790. The lowest BCUT2D eigenvalue weighted by molar-refractivity contribution is 0.922. The van der Waals surface area contributed by atoms with Crippen molar-refractivity contribution in [3.8, 4) is 6.07 Å². The number of nitrogens with zero attached hydrogens (tertiary/aromatic N) is 1. The molecule has 0 amide bonds. The third kappa shape index (κ3) is 2.95. The van der Waals surface area contributed by atoms with Crippen molar-refractivity contribution in [2.45, 2.75) is 33.6 Å². The third-order valence-electron chi connectivity index (χ3n) is 2.39. The molecule has 15 heavy (non-hydrogen) atoms. The Morgan fingerprint density at radius 2 is 1.80 bits per heavy atom. The Kier molecular flexibility index (Phi) is 4.12. The van der Waals surface area contributed by atoms with Crippen molar-refractivity contribution in [1.29, 1.82) is 5.26 Å². The maximum absolute atomic E-state index is 9.01. The molecule has 0 aliphatic carbocycles. The number of hydrogen-bond donors (Lipinski definition) is 0. The first kappa shape index (κ1) is 11.5. The van der Waals surface area contributed by atoms with Crippen molar-refractivity contribution >= 4 is 5.57 Å². The molecule has 0 saturated heterocycles. The van der Waals surface area contributed by atoms with Crippen molar-refractivity contribution in [3.63, 3.8) is 0 Å². The van der Waals surface area contributed by atoms with Gasteiger partial charge in [-0.1, -0.05) is 43.2 Å². The molecule has 0 heterocycles. The Hall–Kier alpha value is -1.55. The molecule has 0 aromatic heterocycles. The maximum Gasteiger partial charge on any atom is 0.0997 e. The van der Waals surface area contributed by atoms with E-state index in [0.717, 1.165) is 29.6 Å². The van der Waals surface area contributed by atoms with Gasteiger partial charge >= 0.3 is 0 Å². The first-order valence-electron chi connectivity index (χ1n) is 5.36. The lowest BCUT2D eigenvalue weighted by Gasteiger charge is -2.03. The maximum atomic E-state index is 9.01. The molecule has 0 radical (unpaired) electrons. The first-order valence-corrected chi connectivity index (χ1v) is 5.36. The summed E-state index contributed by atoms with van der Waals surface area (Å²) in [6.07, 6.45) is 2.27. The van der Waals surface area contributed by atoms with E-state index >= 15 is 0 Å². The molecular weight excluding hydrogens is 182 g/mol. The van der Waals surface area contributed by atoms with E-state index in [4.69, 9.17) is 5.26 Å². The van der Waals surface area contributed by atoms with Gasteiger partial charge in [-0.25, -0.2) is 0 Å². The van der Waals surface area contributed by atoms with E-state index in [1.165, 1.54) is 5.56 Å². The average molecular weight is 199 g/mol. The zero-order chi connectivity index (χ0) is 11.3. The average Bonchev–Trinajstić information content (AvgIpc) is 2.21. The largest absolute Gasteiger partial charge is 0.192 e. The minimum Gasteiger partial charge on any atom is -0.192 e. The molecule has 78 valence electrons. The summed E-state index contributed by atoms with van der Waals surface area (Å²) >= 11 is 0. The standard InChI is InChI=1S/C14H17N/c1-4-5-12-6-8-13(9-7-12)14(10-15)11(2)3/h6-9H,4-5H2,1-3H3. The predicted molar refractivity (Wildman–Crippen MR) is 64.3 cm³/mol. The van der Waals surface area contributed by atoms with Gasteiger partial charge < -0.3 is 0 Å². The molecule has 0 atom stereocenters. The van der Waals surface area contributed by atoms with Crippen LogP contribution >= 0.6 is 0 Å². The number of rotatable bonds is 3. The van der Waals surface area contributed by atoms with Crippen LogP contribution in [-0.4, -0.2) is 0 Å². The topological polar surface area (TPSA) is 23.8 Å². The second-order valence-electron chi connectivity index (χ2n) is 3.93. The van der Waals surface area contributed by atoms with Crippen LogP contribution in [-0.2, 0) is 6.42 Å². The van der Waals surface area contributed by atoms with Crippen molar-refractivity contribution in [1.82, 2.24) is 0 Å². The van der Waals surface area contributed by atoms with Gasteiger partial charge in [0.1, 0.15) is 0 Å². The van der Waals surface area contributed by atoms with E-state index in [0.29, 0.717) is 0 Å². The molecule has 0 aliphatic heterocycles. The molecule has 0 unspecified atom stereocenters. The quantitative estimate of drug-likeness (QED) is 0.676. The Morgan fingerprint density at radius 3 is 2.20 bits per heavy atom. The smallest absolute Gasteiger partial charge is 0.0997 e. The normalized spacial score (nSPS) is 9.47. The number of allylic oxidation sites excluding steroid dienone is 2. The van der Waals surface area contributed by atoms with Gasteiger partial charge in [0.25, 0.3) is 0 Å². The molecule has 0 fully saturated rings. The summed E-state index contributed by atoms with van der Waals surface area (Å²) in [5, 5.41) is 9.01. The molecule has 1 aromatic rings. The molecular formula is C14H17N. The van der Waals surface area contributed by atoms with E-state index in [1.54, 1.807) is 0 Å². The summed E-state index contributed by atoms with van der Waals surface area (Å²) < 4.78 is 0. The van der Waals surface area contributed by atoms with Crippen LogP contribution in [0.2, 0.25) is 0 Å². The second kappa shape index (κ2) is 5.36. The lowest BCUT2D eigenvalue weighted by atomic mass is 10.0. The van der Waals surface area contributed by atoms with Crippen LogP contribution in [0.4, 0.5) is 0 Å². The number of hydrogen-bond acceptors (Lipinski definition) is 1. The van der Waals surface area contributed by atoms with Crippen LogP contribution in [0.15, 0.2) is 29.8 Å². The van der Waals surface area contributed by atoms with Crippen LogP contribution in [0.25, 0.3) is 5.57 Å². The molecule has 1 rings (SSSR count). The van der Waals surface area contributed by atoms with E-state index in [9.17, 15) is 0 Å². The summed E-state index contributed by atoms with van der Waals surface area (Å²) in [4.78, 5) is 0. The van der Waals surface area contributed by atoms with Gasteiger partial charge in [0.15, 0.2) is 0 Å². The number of benzene rings is 1. The van der Waals surface area contributed by atoms with Crippen LogP contribution in [0.1, 0.15) is 38.3 Å². The van der Waals surface area contributed by atoms with Gasteiger partial charge in [0, 0.05) is 0 Å². The van der Waals surface area contributed by atoms with Crippen molar-refractivity contribution < 1.29 is 0 Å². The molecule has 0 bridgehead atoms. The van der Waals surface area contributed by atoms with E-state index in [-0.39, 0.29) is 0 Å². The van der Waals surface area contributed by atoms with Gasteiger partial charge in [-0.2, -0.15) is 5.26 Å². The second-order valence-corrected chi connectivity index (χ2v) is 3.93. The minimum absolute atomic E-state index is 0.790. The Morgan fingerprint density at radius 1 is 1.20 bits per heavy atom. The van der Waals surface area contributed by atoms with Gasteiger partial charge in [-0.05, 0) is 31.4 Å².